The van der Waals surface area contributed by atoms with Gasteiger partial charge in [-0.3, -0.25) is 14.4 Å². The maximum Gasteiger partial charge on any atom is 0.318 e. The van der Waals surface area contributed by atoms with Crippen molar-refractivity contribution >= 4 is 23.6 Å². The molecular weight excluding hydrogens is 488 g/mol. The monoisotopic (exact) mass is 530 g/mol. The molecule has 1 heterocycles. The Balaban J connectivity index is 1.70. The summed E-state index contributed by atoms with van der Waals surface area (Å²) in [5.41, 5.74) is 0.907. The van der Waals surface area contributed by atoms with E-state index in [0.29, 0.717) is 38.6 Å². The Bertz CT molecular complexity index is 913. The van der Waals surface area contributed by atoms with Gasteiger partial charge in [0.1, 0.15) is 12.1 Å². The van der Waals surface area contributed by atoms with Crippen molar-refractivity contribution in [2.24, 2.45) is 5.92 Å². The lowest BCUT2D eigenvalue weighted by Crippen LogP contribution is -2.58. The summed E-state index contributed by atoms with van der Waals surface area (Å²) in [4.78, 5) is 53.7. The molecule has 1 aliphatic heterocycles. The molecule has 10 heteroatoms. The average molecular weight is 531 g/mol. The molecule has 10 nitrogen and oxygen atoms in total. The van der Waals surface area contributed by atoms with E-state index in [1.165, 1.54) is 6.42 Å². The van der Waals surface area contributed by atoms with E-state index in [0.717, 1.165) is 31.2 Å². The van der Waals surface area contributed by atoms with Gasteiger partial charge in [-0.2, -0.15) is 0 Å². The number of Topliss-reactive ketones (excluding diaryl/α,β-unsaturated/α-hetero) is 1. The van der Waals surface area contributed by atoms with Crippen LogP contribution in [0.4, 0.5) is 4.79 Å². The second-order valence-electron chi connectivity index (χ2n) is 10.4. The fourth-order valence-corrected chi connectivity index (χ4v) is 4.81. The van der Waals surface area contributed by atoms with Crippen molar-refractivity contribution in [3.05, 3.63) is 35.9 Å². The Kier molecular flexibility index (Phi) is 12.0. The normalized spacial score (nSPS) is 17.9. The van der Waals surface area contributed by atoms with Crippen LogP contribution in [0.15, 0.2) is 30.3 Å². The highest BCUT2D eigenvalue weighted by Crippen LogP contribution is 2.27. The molecular formula is C28H42N4O6. The van der Waals surface area contributed by atoms with E-state index >= 15 is 0 Å². The van der Waals surface area contributed by atoms with Crippen molar-refractivity contribution in [3.8, 4) is 0 Å². The van der Waals surface area contributed by atoms with Gasteiger partial charge in [0.25, 0.3) is 5.91 Å². The fourth-order valence-electron chi connectivity index (χ4n) is 4.81. The molecule has 0 radical (unpaired) electrons. The molecule has 0 bridgehead atoms. The number of amides is 4. The Morgan fingerprint density at radius 2 is 1.63 bits per heavy atom. The van der Waals surface area contributed by atoms with Gasteiger partial charge in [0, 0.05) is 19.1 Å². The highest BCUT2D eigenvalue weighted by atomic mass is 16.5. The van der Waals surface area contributed by atoms with Crippen LogP contribution < -0.4 is 16.0 Å². The molecule has 1 aromatic rings. The number of hydrogen-bond acceptors (Lipinski definition) is 6. The summed E-state index contributed by atoms with van der Waals surface area (Å²) in [6, 6.07) is 6.86. The number of ketones is 1. The average Bonchev–Trinajstić information content (AvgIpc) is 2.93. The van der Waals surface area contributed by atoms with Crippen LogP contribution >= 0.6 is 0 Å². The predicted octanol–water partition coefficient (Wildman–Crippen LogP) is 2.16. The maximum absolute atomic E-state index is 13.5. The first kappa shape index (κ1) is 29.6. The van der Waals surface area contributed by atoms with Crippen LogP contribution in [0.1, 0.15) is 57.9 Å². The number of carbonyl (C=O) groups is 4. The van der Waals surface area contributed by atoms with E-state index in [2.05, 4.69) is 16.0 Å². The standard InChI is InChI=1S/C28H42N4O6/c1-20(2)29-27(35)25(33)24(19-38-18-22-11-7-4-8-12-22)30-26(34)23(17-21-9-5-3-6-10-21)31-28(36)32-13-15-37-16-14-32/h4,7-8,11-12,20-21,23-24H,3,5-6,9-10,13-19H2,1-2H3,(H,29,35)(H,30,34)(H,31,36). The molecule has 2 aliphatic rings. The van der Waals surface area contributed by atoms with Crippen LogP contribution in [-0.4, -0.2) is 79.6 Å². The first-order valence-corrected chi connectivity index (χ1v) is 13.7. The van der Waals surface area contributed by atoms with Crippen molar-refractivity contribution < 1.29 is 28.7 Å². The van der Waals surface area contributed by atoms with Crippen LogP contribution in [0, 0.1) is 5.92 Å². The molecule has 2 atom stereocenters. The lowest BCUT2D eigenvalue weighted by Gasteiger charge is -2.31. The Hall–Kier alpha value is -2.98. The first-order valence-electron chi connectivity index (χ1n) is 13.7. The van der Waals surface area contributed by atoms with Crippen LogP contribution in [0.3, 0.4) is 0 Å². The quantitative estimate of drug-likeness (QED) is 0.356. The van der Waals surface area contributed by atoms with Crippen LogP contribution in [0.2, 0.25) is 0 Å². The second-order valence-corrected chi connectivity index (χ2v) is 10.4. The van der Waals surface area contributed by atoms with Gasteiger partial charge in [0.05, 0.1) is 26.4 Å². The summed E-state index contributed by atoms with van der Waals surface area (Å²) < 4.78 is 11.1. The highest BCUT2D eigenvalue weighted by Gasteiger charge is 2.33. The largest absolute Gasteiger partial charge is 0.378 e. The summed E-state index contributed by atoms with van der Waals surface area (Å²) in [7, 11) is 0. The number of urea groups is 1. The van der Waals surface area contributed by atoms with Crippen molar-refractivity contribution in [2.75, 3.05) is 32.9 Å². The van der Waals surface area contributed by atoms with Gasteiger partial charge in [-0.25, -0.2) is 4.79 Å². The number of nitrogens with one attached hydrogen (secondary N) is 3. The lowest BCUT2D eigenvalue weighted by atomic mass is 9.84. The van der Waals surface area contributed by atoms with E-state index in [1.807, 2.05) is 30.3 Å². The molecule has 2 unspecified atom stereocenters. The summed E-state index contributed by atoms with van der Waals surface area (Å²) in [6.45, 7) is 5.38. The SMILES string of the molecule is CC(C)NC(=O)C(=O)C(COCc1ccccc1)NC(=O)C(CC1CCCCC1)NC(=O)N1CCOCC1. The Labute approximate surface area is 225 Å². The molecule has 1 aromatic carbocycles. The highest BCUT2D eigenvalue weighted by molar-refractivity contribution is 6.38. The molecule has 3 N–H and O–H groups in total. The van der Waals surface area contributed by atoms with Crippen molar-refractivity contribution in [3.63, 3.8) is 0 Å². The third-order valence-corrected chi connectivity index (χ3v) is 6.88. The molecule has 1 saturated heterocycles. The Morgan fingerprint density at radius 3 is 2.29 bits per heavy atom. The minimum absolute atomic E-state index is 0.168. The Morgan fingerprint density at radius 1 is 0.947 bits per heavy atom. The van der Waals surface area contributed by atoms with Gasteiger partial charge in [-0.05, 0) is 31.7 Å². The van der Waals surface area contributed by atoms with Gasteiger partial charge in [-0.15, -0.1) is 0 Å². The smallest absolute Gasteiger partial charge is 0.318 e. The first-order chi connectivity index (χ1) is 18.3. The molecule has 3 rings (SSSR count). The molecule has 1 aliphatic carbocycles. The zero-order valence-electron chi connectivity index (χ0n) is 22.6. The molecule has 0 aromatic heterocycles. The number of benzene rings is 1. The van der Waals surface area contributed by atoms with Crippen LogP contribution in [0.5, 0.6) is 0 Å². The van der Waals surface area contributed by atoms with Crippen molar-refractivity contribution in [2.45, 2.75) is 77.1 Å². The van der Waals surface area contributed by atoms with Crippen molar-refractivity contribution in [1.82, 2.24) is 20.9 Å². The van der Waals surface area contributed by atoms with Gasteiger partial charge in [-0.1, -0.05) is 62.4 Å². The predicted molar refractivity (Wildman–Crippen MR) is 142 cm³/mol. The number of hydrogen-bond donors (Lipinski definition) is 3. The molecule has 0 spiro atoms. The summed E-state index contributed by atoms with van der Waals surface area (Å²) >= 11 is 0. The maximum atomic E-state index is 13.5. The summed E-state index contributed by atoms with van der Waals surface area (Å²) in [5.74, 6) is -1.75. The number of carbonyl (C=O) groups excluding carboxylic acids is 4. The van der Waals surface area contributed by atoms with Crippen molar-refractivity contribution in [1.29, 1.82) is 0 Å². The number of nitrogens with zero attached hydrogens (tertiary/aromatic N) is 1. The third kappa shape index (κ3) is 9.72. The second kappa shape index (κ2) is 15.4. The van der Waals surface area contributed by atoms with Gasteiger partial charge in [0.15, 0.2) is 0 Å². The van der Waals surface area contributed by atoms with Gasteiger partial charge >= 0.3 is 6.03 Å². The summed E-state index contributed by atoms with van der Waals surface area (Å²) in [6.07, 6.45) is 5.84. The van der Waals surface area contributed by atoms with Gasteiger partial charge < -0.3 is 30.3 Å². The van der Waals surface area contributed by atoms with E-state index < -0.39 is 29.7 Å². The molecule has 4 amide bonds. The zero-order chi connectivity index (χ0) is 27.3. The zero-order valence-corrected chi connectivity index (χ0v) is 22.6. The van der Waals surface area contributed by atoms with Crippen LogP contribution in [0.25, 0.3) is 0 Å². The summed E-state index contributed by atoms with van der Waals surface area (Å²) in [5, 5.41) is 8.20. The van der Waals surface area contributed by atoms with Gasteiger partial charge in [0.2, 0.25) is 11.7 Å². The van der Waals surface area contributed by atoms with E-state index in [4.69, 9.17) is 9.47 Å². The number of rotatable bonds is 12. The van der Waals surface area contributed by atoms with E-state index in [1.54, 1.807) is 18.7 Å². The molecule has 38 heavy (non-hydrogen) atoms. The third-order valence-electron chi connectivity index (χ3n) is 6.88. The number of ether oxygens (including phenoxy) is 2. The fraction of sp³-hybridized carbons (Fsp3) is 0.643. The lowest BCUT2D eigenvalue weighted by molar-refractivity contribution is -0.141. The minimum atomic E-state index is -1.18. The van der Waals surface area contributed by atoms with E-state index in [-0.39, 0.29) is 25.3 Å². The van der Waals surface area contributed by atoms with E-state index in [9.17, 15) is 19.2 Å². The van der Waals surface area contributed by atoms with Crippen LogP contribution in [-0.2, 0) is 30.5 Å². The minimum Gasteiger partial charge on any atom is -0.378 e. The molecule has 210 valence electrons. The topological polar surface area (TPSA) is 126 Å². The molecule has 2 fully saturated rings. The molecule has 1 saturated carbocycles. The number of morpholine rings is 1.